The van der Waals surface area contributed by atoms with Crippen LogP contribution in [0.2, 0.25) is 0 Å². The highest BCUT2D eigenvalue weighted by Crippen LogP contribution is 2.47. The molecule has 102 valence electrons. The normalized spacial score (nSPS) is 28.4. The first kappa shape index (κ1) is 12.5. The third-order valence-electron chi connectivity index (χ3n) is 4.69. The monoisotopic (exact) mass is 259 g/mol. The van der Waals surface area contributed by atoms with Gasteiger partial charge in [0.25, 0.3) is 5.91 Å². The number of pyridine rings is 1. The molecular formula is C15H21N3O. The maximum Gasteiger partial charge on any atom is 0.269 e. The van der Waals surface area contributed by atoms with E-state index in [4.69, 9.17) is 0 Å². The molecule has 0 saturated heterocycles. The first-order valence-electron chi connectivity index (χ1n) is 7.18. The second-order valence-electron chi connectivity index (χ2n) is 5.83. The van der Waals surface area contributed by atoms with Gasteiger partial charge in [-0.15, -0.1) is 0 Å². The zero-order valence-corrected chi connectivity index (χ0v) is 11.4. The predicted molar refractivity (Wildman–Crippen MR) is 75.1 cm³/mol. The summed E-state index contributed by atoms with van der Waals surface area (Å²) in [6.45, 7) is 0.815. The molecule has 0 aliphatic heterocycles. The van der Waals surface area contributed by atoms with E-state index in [1.165, 1.54) is 25.7 Å². The standard InChI is InChI=1S/C15H21N3O/c1-16-13-4-5-14(17-9-13)15(19)18-8-12-7-10-2-3-11(12)6-10/h4-5,9-12,16H,2-3,6-8H2,1H3,(H,18,19). The maximum absolute atomic E-state index is 12.0. The van der Waals surface area contributed by atoms with Crippen LogP contribution in [0.1, 0.15) is 36.2 Å². The second-order valence-corrected chi connectivity index (χ2v) is 5.83. The molecule has 2 bridgehead atoms. The van der Waals surface area contributed by atoms with Crippen molar-refractivity contribution in [3.05, 3.63) is 24.0 Å². The van der Waals surface area contributed by atoms with E-state index in [1.807, 2.05) is 13.1 Å². The molecule has 4 nitrogen and oxygen atoms in total. The smallest absolute Gasteiger partial charge is 0.269 e. The van der Waals surface area contributed by atoms with E-state index in [1.54, 1.807) is 12.3 Å². The fourth-order valence-corrected chi connectivity index (χ4v) is 3.62. The molecule has 2 aliphatic rings. The quantitative estimate of drug-likeness (QED) is 0.872. The van der Waals surface area contributed by atoms with Gasteiger partial charge in [0.05, 0.1) is 11.9 Å². The molecule has 0 spiro atoms. The molecule has 4 heteroatoms. The van der Waals surface area contributed by atoms with Gasteiger partial charge in [0.15, 0.2) is 0 Å². The highest BCUT2D eigenvalue weighted by atomic mass is 16.1. The zero-order valence-electron chi connectivity index (χ0n) is 11.4. The lowest BCUT2D eigenvalue weighted by molar-refractivity contribution is 0.0937. The van der Waals surface area contributed by atoms with Crippen LogP contribution in [0.25, 0.3) is 0 Å². The van der Waals surface area contributed by atoms with E-state index in [2.05, 4.69) is 15.6 Å². The third kappa shape index (κ3) is 2.57. The summed E-state index contributed by atoms with van der Waals surface area (Å²) in [4.78, 5) is 16.2. The number of nitrogens with one attached hydrogen (secondary N) is 2. The van der Waals surface area contributed by atoms with E-state index in [-0.39, 0.29) is 5.91 Å². The van der Waals surface area contributed by atoms with Crippen LogP contribution in [0.15, 0.2) is 18.3 Å². The SMILES string of the molecule is CNc1ccc(C(=O)NCC2CC3CCC2C3)nc1. The van der Waals surface area contributed by atoms with Crippen LogP contribution in [0.5, 0.6) is 0 Å². The Morgan fingerprint density at radius 1 is 1.37 bits per heavy atom. The number of amides is 1. The molecular weight excluding hydrogens is 238 g/mol. The van der Waals surface area contributed by atoms with Gasteiger partial charge in [-0.3, -0.25) is 4.79 Å². The molecule has 19 heavy (non-hydrogen) atoms. The topological polar surface area (TPSA) is 54.0 Å². The summed E-state index contributed by atoms with van der Waals surface area (Å²) in [6.07, 6.45) is 7.14. The molecule has 1 aromatic heterocycles. The molecule has 0 radical (unpaired) electrons. The Hall–Kier alpha value is -1.58. The van der Waals surface area contributed by atoms with Crippen molar-refractivity contribution in [1.82, 2.24) is 10.3 Å². The van der Waals surface area contributed by atoms with Crippen LogP contribution < -0.4 is 10.6 Å². The van der Waals surface area contributed by atoms with Crippen molar-refractivity contribution < 1.29 is 4.79 Å². The minimum absolute atomic E-state index is 0.0505. The summed E-state index contributed by atoms with van der Waals surface area (Å²) < 4.78 is 0. The molecule has 1 aromatic rings. The van der Waals surface area contributed by atoms with Crippen LogP contribution in [0.4, 0.5) is 5.69 Å². The van der Waals surface area contributed by atoms with Gasteiger partial charge in [-0.2, -0.15) is 0 Å². The molecule has 0 aromatic carbocycles. The Balaban J connectivity index is 1.53. The Morgan fingerprint density at radius 3 is 2.84 bits per heavy atom. The van der Waals surface area contributed by atoms with Crippen molar-refractivity contribution in [3.8, 4) is 0 Å². The molecule has 1 heterocycles. The average Bonchev–Trinajstić information content (AvgIpc) is 3.07. The van der Waals surface area contributed by atoms with Gasteiger partial charge in [0.2, 0.25) is 0 Å². The van der Waals surface area contributed by atoms with Gasteiger partial charge in [0, 0.05) is 13.6 Å². The Labute approximate surface area is 114 Å². The van der Waals surface area contributed by atoms with Crippen LogP contribution in [-0.4, -0.2) is 24.5 Å². The number of rotatable bonds is 4. The number of hydrogen-bond acceptors (Lipinski definition) is 3. The lowest BCUT2D eigenvalue weighted by atomic mass is 9.89. The summed E-state index contributed by atoms with van der Waals surface area (Å²) in [5.74, 6) is 2.43. The number of fused-ring (bicyclic) bond motifs is 2. The van der Waals surface area contributed by atoms with Gasteiger partial charge in [-0.05, 0) is 49.1 Å². The molecule has 2 fully saturated rings. The Morgan fingerprint density at radius 2 is 2.26 bits per heavy atom. The van der Waals surface area contributed by atoms with Gasteiger partial charge >= 0.3 is 0 Å². The minimum Gasteiger partial charge on any atom is -0.387 e. The van der Waals surface area contributed by atoms with E-state index in [0.29, 0.717) is 11.6 Å². The highest BCUT2D eigenvalue weighted by Gasteiger charge is 2.39. The van der Waals surface area contributed by atoms with Gasteiger partial charge in [0.1, 0.15) is 5.69 Å². The Kier molecular flexibility index (Phi) is 3.40. The number of aromatic nitrogens is 1. The van der Waals surface area contributed by atoms with Gasteiger partial charge in [-0.1, -0.05) is 6.42 Å². The fraction of sp³-hybridized carbons (Fsp3) is 0.600. The number of nitrogens with zero attached hydrogens (tertiary/aromatic N) is 1. The van der Waals surface area contributed by atoms with Crippen LogP contribution >= 0.6 is 0 Å². The Bertz CT molecular complexity index is 457. The summed E-state index contributed by atoms with van der Waals surface area (Å²) >= 11 is 0. The molecule has 2 saturated carbocycles. The summed E-state index contributed by atoms with van der Waals surface area (Å²) in [5.41, 5.74) is 1.42. The number of carbonyl (C=O) groups is 1. The van der Waals surface area contributed by atoms with Crippen molar-refractivity contribution in [2.24, 2.45) is 17.8 Å². The molecule has 2 N–H and O–H groups in total. The van der Waals surface area contributed by atoms with Crippen molar-refractivity contribution in [3.63, 3.8) is 0 Å². The van der Waals surface area contributed by atoms with E-state index < -0.39 is 0 Å². The van der Waals surface area contributed by atoms with Gasteiger partial charge in [-0.25, -0.2) is 4.98 Å². The number of carbonyl (C=O) groups excluding carboxylic acids is 1. The maximum atomic E-state index is 12.0. The first-order chi connectivity index (χ1) is 9.26. The number of anilines is 1. The summed E-state index contributed by atoms with van der Waals surface area (Å²) in [7, 11) is 1.84. The fourth-order valence-electron chi connectivity index (χ4n) is 3.62. The third-order valence-corrected chi connectivity index (χ3v) is 4.69. The molecule has 3 rings (SSSR count). The zero-order chi connectivity index (χ0) is 13.2. The van der Waals surface area contributed by atoms with Crippen LogP contribution in [0, 0.1) is 17.8 Å². The van der Waals surface area contributed by atoms with Crippen molar-refractivity contribution in [1.29, 1.82) is 0 Å². The summed E-state index contributed by atoms with van der Waals surface area (Å²) in [5, 5.41) is 6.04. The largest absolute Gasteiger partial charge is 0.387 e. The molecule has 2 aliphatic carbocycles. The lowest BCUT2D eigenvalue weighted by Crippen LogP contribution is -2.32. The lowest BCUT2D eigenvalue weighted by Gasteiger charge is -2.21. The molecule has 1 amide bonds. The van der Waals surface area contributed by atoms with E-state index in [0.717, 1.165) is 24.1 Å². The van der Waals surface area contributed by atoms with Crippen LogP contribution in [-0.2, 0) is 0 Å². The van der Waals surface area contributed by atoms with E-state index in [9.17, 15) is 4.79 Å². The van der Waals surface area contributed by atoms with Crippen LogP contribution in [0.3, 0.4) is 0 Å². The second kappa shape index (κ2) is 5.19. The first-order valence-corrected chi connectivity index (χ1v) is 7.18. The highest BCUT2D eigenvalue weighted by molar-refractivity contribution is 5.92. The predicted octanol–water partition coefficient (Wildman–Crippen LogP) is 2.29. The van der Waals surface area contributed by atoms with Gasteiger partial charge < -0.3 is 10.6 Å². The average molecular weight is 259 g/mol. The minimum atomic E-state index is -0.0505. The molecule has 3 atom stereocenters. The summed E-state index contributed by atoms with van der Waals surface area (Å²) in [6, 6.07) is 3.64. The van der Waals surface area contributed by atoms with Crippen molar-refractivity contribution >= 4 is 11.6 Å². The van der Waals surface area contributed by atoms with Crippen molar-refractivity contribution in [2.75, 3.05) is 18.9 Å². The van der Waals surface area contributed by atoms with Crippen molar-refractivity contribution in [2.45, 2.75) is 25.7 Å². The number of hydrogen-bond donors (Lipinski definition) is 2. The van der Waals surface area contributed by atoms with E-state index >= 15 is 0 Å². The molecule has 3 unspecified atom stereocenters.